The Morgan fingerprint density at radius 3 is 2.91 bits per heavy atom. The fraction of sp³-hybridized carbons (Fsp3) is 0.417. The molecule has 35 heavy (non-hydrogen) atoms. The highest BCUT2D eigenvalue weighted by Gasteiger charge is 2.29. The van der Waals surface area contributed by atoms with Crippen LogP contribution in [0.25, 0.3) is 27.9 Å². The SMILES string of the molecule is CNc1cc(-c2cn(C3CCCOC3)c3ncccc23)nc2c(C(=O)N[C@@H]3COC[C@@H]3O)cnn12. The second-order valence-corrected chi connectivity index (χ2v) is 8.95. The Hall–Kier alpha value is -3.54. The minimum atomic E-state index is -0.737. The van der Waals surface area contributed by atoms with E-state index in [1.54, 1.807) is 17.8 Å². The van der Waals surface area contributed by atoms with Crippen molar-refractivity contribution < 1.29 is 19.4 Å². The number of aromatic nitrogens is 5. The summed E-state index contributed by atoms with van der Waals surface area (Å²) in [4.78, 5) is 22.6. The highest BCUT2D eigenvalue weighted by molar-refractivity contribution is 6.01. The summed E-state index contributed by atoms with van der Waals surface area (Å²) in [6.07, 6.45) is 6.67. The Morgan fingerprint density at radius 2 is 2.14 bits per heavy atom. The normalized spacial score (nSPS) is 22.6. The maximum atomic E-state index is 13.1. The lowest BCUT2D eigenvalue weighted by atomic mass is 10.1. The van der Waals surface area contributed by atoms with Gasteiger partial charge in [-0.3, -0.25) is 4.79 Å². The highest BCUT2D eigenvalue weighted by atomic mass is 16.5. The van der Waals surface area contributed by atoms with Gasteiger partial charge in [-0.05, 0) is 25.0 Å². The maximum absolute atomic E-state index is 13.1. The molecule has 2 aliphatic rings. The van der Waals surface area contributed by atoms with E-state index in [1.165, 1.54) is 6.20 Å². The summed E-state index contributed by atoms with van der Waals surface area (Å²) in [5, 5.41) is 21.4. The second kappa shape index (κ2) is 8.91. The monoisotopic (exact) mass is 477 g/mol. The van der Waals surface area contributed by atoms with Crippen molar-refractivity contribution in [3.8, 4) is 11.3 Å². The third kappa shape index (κ3) is 3.81. The van der Waals surface area contributed by atoms with Gasteiger partial charge in [0, 0.05) is 43.1 Å². The fourth-order valence-electron chi connectivity index (χ4n) is 4.87. The van der Waals surface area contributed by atoms with Crippen LogP contribution >= 0.6 is 0 Å². The second-order valence-electron chi connectivity index (χ2n) is 8.95. The molecule has 0 aliphatic carbocycles. The first kappa shape index (κ1) is 22.0. The molecule has 1 unspecified atom stereocenters. The van der Waals surface area contributed by atoms with E-state index in [1.807, 2.05) is 18.2 Å². The predicted octanol–water partition coefficient (Wildman–Crippen LogP) is 1.63. The molecule has 2 saturated heterocycles. The minimum Gasteiger partial charge on any atom is -0.388 e. The number of hydrogen-bond donors (Lipinski definition) is 3. The van der Waals surface area contributed by atoms with Gasteiger partial charge >= 0.3 is 0 Å². The van der Waals surface area contributed by atoms with Gasteiger partial charge in [0.25, 0.3) is 5.91 Å². The van der Waals surface area contributed by atoms with Crippen molar-refractivity contribution in [3.63, 3.8) is 0 Å². The van der Waals surface area contributed by atoms with E-state index in [9.17, 15) is 9.90 Å². The molecule has 0 spiro atoms. The van der Waals surface area contributed by atoms with Gasteiger partial charge in [0.15, 0.2) is 5.65 Å². The van der Waals surface area contributed by atoms with E-state index in [-0.39, 0.29) is 25.2 Å². The molecule has 2 fully saturated rings. The van der Waals surface area contributed by atoms with Gasteiger partial charge in [-0.25, -0.2) is 9.97 Å². The summed E-state index contributed by atoms with van der Waals surface area (Å²) >= 11 is 0. The van der Waals surface area contributed by atoms with Crippen molar-refractivity contribution in [2.24, 2.45) is 0 Å². The summed E-state index contributed by atoms with van der Waals surface area (Å²) in [5.74, 6) is 0.337. The van der Waals surface area contributed by atoms with Crippen LogP contribution in [-0.2, 0) is 9.47 Å². The van der Waals surface area contributed by atoms with Crippen molar-refractivity contribution in [2.75, 3.05) is 38.8 Å². The average molecular weight is 478 g/mol. The van der Waals surface area contributed by atoms with E-state index in [4.69, 9.17) is 14.5 Å². The molecule has 182 valence electrons. The molecule has 4 aromatic heterocycles. The van der Waals surface area contributed by atoms with Crippen LogP contribution in [0.3, 0.4) is 0 Å². The van der Waals surface area contributed by atoms with Crippen LogP contribution in [0.4, 0.5) is 5.82 Å². The molecule has 6 rings (SSSR count). The Morgan fingerprint density at radius 1 is 1.23 bits per heavy atom. The number of fused-ring (bicyclic) bond motifs is 2. The van der Waals surface area contributed by atoms with E-state index >= 15 is 0 Å². The van der Waals surface area contributed by atoms with Crippen LogP contribution in [0.1, 0.15) is 29.2 Å². The summed E-state index contributed by atoms with van der Waals surface area (Å²) in [7, 11) is 1.80. The minimum absolute atomic E-state index is 0.205. The largest absolute Gasteiger partial charge is 0.388 e. The number of nitrogens with one attached hydrogen (secondary N) is 2. The standard InChI is InChI=1S/C24H27N7O4/c1-25-21-8-18(17-10-30(14-4-3-7-34-11-14)22-15(17)5-2-6-26-22)28-23-16(9-27-31(21)23)24(33)29-19-12-35-13-20(19)32/h2,5-6,8-10,14,19-20,25,32H,3-4,7,11-13H2,1H3,(H,29,33)/t14?,19-,20+/m1/s1. The van der Waals surface area contributed by atoms with Crippen LogP contribution in [0, 0.1) is 0 Å². The number of nitrogens with zero attached hydrogens (tertiary/aromatic N) is 5. The molecule has 4 aromatic rings. The molecule has 11 nitrogen and oxygen atoms in total. The van der Waals surface area contributed by atoms with Crippen LogP contribution in [0.2, 0.25) is 0 Å². The number of ether oxygens (including phenoxy) is 2. The molecule has 11 heteroatoms. The molecule has 0 bridgehead atoms. The van der Waals surface area contributed by atoms with E-state index in [0.29, 0.717) is 29.3 Å². The van der Waals surface area contributed by atoms with Gasteiger partial charge in [-0.15, -0.1) is 0 Å². The lowest BCUT2D eigenvalue weighted by molar-refractivity contribution is 0.0605. The number of amides is 1. The molecule has 3 atom stereocenters. The van der Waals surface area contributed by atoms with Crippen LogP contribution in [-0.4, -0.2) is 80.8 Å². The van der Waals surface area contributed by atoms with E-state index < -0.39 is 12.1 Å². The van der Waals surface area contributed by atoms with Gasteiger partial charge < -0.3 is 29.8 Å². The maximum Gasteiger partial charge on any atom is 0.257 e. The molecular formula is C24H27N7O4. The fourth-order valence-corrected chi connectivity index (χ4v) is 4.87. The number of carbonyl (C=O) groups is 1. The van der Waals surface area contributed by atoms with Crippen LogP contribution in [0.15, 0.2) is 36.8 Å². The van der Waals surface area contributed by atoms with E-state index in [2.05, 4.69) is 31.5 Å². The highest BCUT2D eigenvalue weighted by Crippen LogP contribution is 2.34. The Kier molecular flexibility index (Phi) is 5.59. The number of aliphatic hydroxyl groups excluding tert-OH is 1. The zero-order valence-corrected chi connectivity index (χ0v) is 19.3. The first-order valence-corrected chi connectivity index (χ1v) is 11.8. The number of anilines is 1. The lowest BCUT2D eigenvalue weighted by Crippen LogP contribution is -2.42. The lowest BCUT2D eigenvalue weighted by Gasteiger charge is -2.24. The number of aliphatic hydroxyl groups is 1. The third-order valence-corrected chi connectivity index (χ3v) is 6.73. The van der Waals surface area contributed by atoms with Gasteiger partial charge in [0.1, 0.15) is 17.0 Å². The van der Waals surface area contributed by atoms with Crippen molar-refractivity contribution in [2.45, 2.75) is 31.0 Å². The average Bonchev–Trinajstić information content (AvgIpc) is 3.61. The molecule has 1 amide bonds. The molecule has 2 aliphatic heterocycles. The number of carbonyl (C=O) groups excluding carboxylic acids is 1. The van der Waals surface area contributed by atoms with Crippen molar-refractivity contribution in [3.05, 3.63) is 42.4 Å². The summed E-state index contributed by atoms with van der Waals surface area (Å²) < 4.78 is 14.8. The first-order chi connectivity index (χ1) is 17.1. The number of rotatable bonds is 5. The molecule has 6 heterocycles. The quantitative estimate of drug-likeness (QED) is 0.396. The topological polar surface area (TPSA) is 128 Å². The summed E-state index contributed by atoms with van der Waals surface area (Å²) in [5.41, 5.74) is 3.25. The number of hydrogen-bond acceptors (Lipinski definition) is 8. The molecule has 3 N–H and O–H groups in total. The van der Waals surface area contributed by atoms with Crippen LogP contribution in [0.5, 0.6) is 0 Å². The zero-order chi connectivity index (χ0) is 23.9. The first-order valence-electron chi connectivity index (χ1n) is 11.8. The van der Waals surface area contributed by atoms with Gasteiger partial charge in [-0.2, -0.15) is 9.61 Å². The van der Waals surface area contributed by atoms with Crippen molar-refractivity contribution in [1.82, 2.24) is 29.5 Å². The smallest absolute Gasteiger partial charge is 0.257 e. The predicted molar refractivity (Wildman–Crippen MR) is 128 cm³/mol. The Balaban J connectivity index is 1.45. The van der Waals surface area contributed by atoms with Crippen molar-refractivity contribution in [1.29, 1.82) is 0 Å². The number of pyridine rings is 1. The van der Waals surface area contributed by atoms with Gasteiger partial charge in [-0.1, -0.05) is 0 Å². The molecule has 0 radical (unpaired) electrons. The zero-order valence-electron chi connectivity index (χ0n) is 19.3. The van der Waals surface area contributed by atoms with E-state index in [0.717, 1.165) is 36.0 Å². The summed E-state index contributed by atoms with van der Waals surface area (Å²) in [6, 6.07) is 5.61. The van der Waals surface area contributed by atoms with Crippen molar-refractivity contribution >= 4 is 28.4 Å². The Bertz CT molecular complexity index is 1390. The van der Waals surface area contributed by atoms with Crippen LogP contribution < -0.4 is 10.6 Å². The summed E-state index contributed by atoms with van der Waals surface area (Å²) in [6.45, 7) is 1.91. The third-order valence-electron chi connectivity index (χ3n) is 6.73. The molecular weight excluding hydrogens is 450 g/mol. The van der Waals surface area contributed by atoms with Gasteiger partial charge in [0.2, 0.25) is 0 Å². The molecule has 0 saturated carbocycles. The molecule has 0 aromatic carbocycles. The Labute approximate surface area is 201 Å². The van der Waals surface area contributed by atoms with Gasteiger partial charge in [0.05, 0.1) is 49.9 Å².